The van der Waals surface area contributed by atoms with Gasteiger partial charge in [0.2, 0.25) is 0 Å². The summed E-state index contributed by atoms with van der Waals surface area (Å²) in [4.78, 5) is 24.6. The highest BCUT2D eigenvalue weighted by atomic mass is 32.2. The summed E-state index contributed by atoms with van der Waals surface area (Å²) in [6.45, 7) is 5.55. The second-order valence-corrected chi connectivity index (χ2v) is 7.49. The number of hydrogen-bond acceptors (Lipinski definition) is 7. The zero-order valence-electron chi connectivity index (χ0n) is 13.9. The van der Waals surface area contributed by atoms with E-state index in [9.17, 15) is 31.2 Å². The van der Waals surface area contributed by atoms with Gasteiger partial charge in [0, 0.05) is 6.54 Å². The molecule has 8 nitrogen and oxygen atoms in total. The summed E-state index contributed by atoms with van der Waals surface area (Å²) in [6, 6.07) is 0. The topological polar surface area (TPSA) is 99.2 Å². The largest absolute Gasteiger partial charge is 0.534 e. The van der Waals surface area contributed by atoms with Gasteiger partial charge in [-0.2, -0.15) is 21.6 Å². The minimum absolute atomic E-state index is 0.0962. The van der Waals surface area contributed by atoms with Crippen molar-refractivity contribution in [1.29, 1.82) is 0 Å². The van der Waals surface area contributed by atoms with Crippen LogP contribution in [0, 0.1) is 5.92 Å². The van der Waals surface area contributed by atoms with E-state index >= 15 is 0 Å². The number of carbonyl (C=O) groups excluding carboxylic acids is 2. The number of halogens is 3. The van der Waals surface area contributed by atoms with Gasteiger partial charge in [0.05, 0.1) is 12.8 Å². The number of hydrogen-bond donors (Lipinski definition) is 0. The third-order valence-corrected chi connectivity index (χ3v) is 3.67. The molecule has 1 aliphatic rings. The molecule has 1 aliphatic heterocycles. The highest BCUT2D eigenvalue weighted by Gasteiger charge is 2.51. The molecule has 1 atom stereocenters. The van der Waals surface area contributed by atoms with Gasteiger partial charge in [-0.05, 0) is 27.7 Å². The van der Waals surface area contributed by atoms with Crippen molar-refractivity contribution in [1.82, 2.24) is 4.90 Å². The monoisotopic (exact) mass is 389 g/mol. The lowest BCUT2D eigenvalue weighted by molar-refractivity contribution is -0.147. The Kier molecular flexibility index (Phi) is 5.98. The van der Waals surface area contributed by atoms with Gasteiger partial charge >= 0.3 is 27.7 Å². The van der Waals surface area contributed by atoms with Crippen LogP contribution in [0.5, 0.6) is 0 Å². The minimum atomic E-state index is -6.00. The Bertz CT molecular complexity index is 664. The van der Waals surface area contributed by atoms with Gasteiger partial charge in [-0.3, -0.25) is 9.69 Å². The molecule has 0 N–H and O–H groups in total. The van der Waals surface area contributed by atoms with Crippen LogP contribution in [0.2, 0.25) is 0 Å². The van der Waals surface area contributed by atoms with Crippen LogP contribution >= 0.6 is 0 Å². The summed E-state index contributed by atoms with van der Waals surface area (Å²) in [5, 5.41) is 0. The maximum atomic E-state index is 12.5. The predicted molar refractivity (Wildman–Crippen MR) is 77.2 cm³/mol. The molecule has 12 heteroatoms. The molecule has 0 aliphatic carbocycles. The van der Waals surface area contributed by atoms with Gasteiger partial charge in [0.25, 0.3) is 0 Å². The maximum Gasteiger partial charge on any atom is 0.534 e. The minimum Gasteiger partial charge on any atom is -0.465 e. The van der Waals surface area contributed by atoms with Crippen molar-refractivity contribution in [3.8, 4) is 0 Å². The predicted octanol–water partition coefficient (Wildman–Crippen LogP) is 2.12. The maximum absolute atomic E-state index is 12.5. The Morgan fingerprint density at radius 3 is 2.28 bits per heavy atom. The quantitative estimate of drug-likeness (QED) is 0.413. The number of esters is 1. The first kappa shape index (κ1) is 21.1. The molecule has 0 aromatic heterocycles. The zero-order chi connectivity index (χ0) is 19.6. The Labute approximate surface area is 142 Å². The van der Waals surface area contributed by atoms with E-state index in [0.717, 1.165) is 4.90 Å². The second-order valence-electron chi connectivity index (χ2n) is 5.95. The molecule has 0 fully saturated rings. The lowest BCUT2D eigenvalue weighted by Gasteiger charge is -2.23. The summed E-state index contributed by atoms with van der Waals surface area (Å²) < 4.78 is 73.5. The van der Waals surface area contributed by atoms with Crippen LogP contribution < -0.4 is 0 Å². The molecule has 0 spiro atoms. The number of carbonyl (C=O) groups is 2. The molecular weight excluding hydrogens is 371 g/mol. The number of nitrogens with zero attached hydrogens (tertiary/aromatic N) is 1. The summed E-state index contributed by atoms with van der Waals surface area (Å²) >= 11 is 0. The van der Waals surface area contributed by atoms with Gasteiger partial charge in [-0.15, -0.1) is 0 Å². The molecule has 0 aromatic carbocycles. The van der Waals surface area contributed by atoms with E-state index in [-0.39, 0.29) is 6.61 Å². The lowest BCUT2D eigenvalue weighted by atomic mass is 10.1. The van der Waals surface area contributed by atoms with E-state index in [4.69, 9.17) is 4.74 Å². The number of alkyl halides is 3. The van der Waals surface area contributed by atoms with Crippen molar-refractivity contribution >= 4 is 22.2 Å². The van der Waals surface area contributed by atoms with Crippen LogP contribution in [-0.2, 0) is 28.6 Å². The van der Waals surface area contributed by atoms with Gasteiger partial charge in [-0.25, -0.2) is 4.79 Å². The average molecular weight is 389 g/mol. The van der Waals surface area contributed by atoms with E-state index in [1.807, 2.05) is 0 Å². The number of amides is 1. The summed E-state index contributed by atoms with van der Waals surface area (Å²) in [5.74, 6) is -3.43. The zero-order valence-corrected chi connectivity index (χ0v) is 14.7. The molecule has 25 heavy (non-hydrogen) atoms. The molecule has 0 saturated carbocycles. The van der Waals surface area contributed by atoms with Gasteiger partial charge < -0.3 is 13.7 Å². The SMILES string of the molecule is CCOC(=O)C1CN(C(=O)OC(C)(C)C)C=C1OS(=O)(=O)C(F)(F)F. The fourth-order valence-electron chi connectivity index (χ4n) is 1.72. The molecule has 0 bridgehead atoms. The fraction of sp³-hybridized carbons (Fsp3) is 0.692. The first-order valence-electron chi connectivity index (χ1n) is 7.06. The Morgan fingerprint density at radius 2 is 1.84 bits per heavy atom. The van der Waals surface area contributed by atoms with E-state index in [1.54, 1.807) is 20.8 Å². The van der Waals surface area contributed by atoms with Crippen molar-refractivity contribution in [2.75, 3.05) is 13.2 Å². The van der Waals surface area contributed by atoms with E-state index in [2.05, 4.69) is 8.92 Å². The van der Waals surface area contributed by atoms with Crippen LogP contribution in [0.3, 0.4) is 0 Å². The molecule has 1 unspecified atom stereocenters. The Hall–Kier alpha value is -1.98. The molecular formula is C13H18F3NO7S. The van der Waals surface area contributed by atoms with E-state index in [1.165, 1.54) is 6.92 Å². The summed E-state index contributed by atoms with van der Waals surface area (Å²) in [5.41, 5.74) is -6.60. The van der Waals surface area contributed by atoms with Crippen molar-refractivity contribution in [2.24, 2.45) is 5.92 Å². The standard InChI is InChI=1S/C13H18F3NO7S/c1-5-22-10(18)8-6-17(11(19)23-12(2,3)4)7-9(8)24-25(20,21)13(14,15)16/h7-8H,5-6H2,1-4H3. The third-order valence-electron chi connectivity index (χ3n) is 2.69. The molecule has 1 heterocycles. The van der Waals surface area contributed by atoms with E-state index < -0.39 is 51.5 Å². The van der Waals surface area contributed by atoms with Crippen LogP contribution in [0.25, 0.3) is 0 Å². The fourth-order valence-corrected chi connectivity index (χ4v) is 2.22. The van der Waals surface area contributed by atoms with Crippen molar-refractivity contribution in [3.63, 3.8) is 0 Å². The third kappa shape index (κ3) is 5.51. The molecule has 0 radical (unpaired) electrons. The van der Waals surface area contributed by atoms with E-state index in [0.29, 0.717) is 6.20 Å². The van der Waals surface area contributed by atoms with Crippen molar-refractivity contribution < 1.29 is 44.8 Å². The average Bonchev–Trinajstić information content (AvgIpc) is 2.79. The molecule has 144 valence electrons. The van der Waals surface area contributed by atoms with Gasteiger partial charge in [0.1, 0.15) is 11.5 Å². The highest BCUT2D eigenvalue weighted by Crippen LogP contribution is 2.32. The molecule has 1 amide bonds. The second kappa shape index (κ2) is 7.10. The molecule has 0 saturated heterocycles. The summed E-state index contributed by atoms with van der Waals surface area (Å²) in [6.07, 6.45) is -0.302. The summed E-state index contributed by atoms with van der Waals surface area (Å²) in [7, 11) is -6.00. The van der Waals surface area contributed by atoms with Gasteiger partial charge in [-0.1, -0.05) is 0 Å². The number of ether oxygens (including phenoxy) is 2. The molecule has 1 rings (SSSR count). The van der Waals surface area contributed by atoms with Gasteiger partial charge in [0.15, 0.2) is 5.76 Å². The van der Waals surface area contributed by atoms with Crippen LogP contribution in [0.15, 0.2) is 12.0 Å². The Balaban J connectivity index is 3.10. The van der Waals surface area contributed by atoms with Crippen LogP contribution in [-0.4, -0.2) is 49.6 Å². The smallest absolute Gasteiger partial charge is 0.465 e. The Morgan fingerprint density at radius 1 is 1.28 bits per heavy atom. The number of rotatable bonds is 4. The first-order chi connectivity index (χ1) is 11.2. The van der Waals surface area contributed by atoms with Crippen molar-refractivity contribution in [2.45, 2.75) is 38.8 Å². The van der Waals surface area contributed by atoms with Crippen molar-refractivity contribution in [3.05, 3.63) is 12.0 Å². The normalized spacial score (nSPS) is 18.6. The molecule has 0 aromatic rings. The highest BCUT2D eigenvalue weighted by molar-refractivity contribution is 7.87. The van der Waals surface area contributed by atoms with Crippen LogP contribution in [0.1, 0.15) is 27.7 Å². The first-order valence-corrected chi connectivity index (χ1v) is 8.47. The lowest BCUT2D eigenvalue weighted by Crippen LogP contribution is -2.35. The van der Waals surface area contributed by atoms with Crippen LogP contribution in [0.4, 0.5) is 18.0 Å².